The molecule has 0 spiro atoms. The zero-order chi connectivity index (χ0) is 16.4. The van der Waals surface area contributed by atoms with Crippen LogP contribution < -0.4 is 0 Å². The van der Waals surface area contributed by atoms with Gasteiger partial charge in [0.25, 0.3) is 0 Å². The molecule has 4 bridgehead atoms. The second kappa shape index (κ2) is 6.87. The second-order valence-corrected chi connectivity index (χ2v) is 8.90. The van der Waals surface area contributed by atoms with Crippen LogP contribution in [0.3, 0.4) is 0 Å². The van der Waals surface area contributed by atoms with Gasteiger partial charge in [-0.15, -0.1) is 0 Å². The number of nitrogens with zero attached hydrogens (tertiary/aromatic N) is 2. The van der Waals surface area contributed by atoms with Crippen molar-refractivity contribution in [2.45, 2.75) is 64.2 Å². The number of nitriles is 1. The predicted molar refractivity (Wildman–Crippen MR) is 95.8 cm³/mol. The monoisotopic (exact) mass is 321 g/mol. The summed E-state index contributed by atoms with van der Waals surface area (Å²) in [4.78, 5) is 4.08. The molecule has 5 rings (SSSR count). The summed E-state index contributed by atoms with van der Waals surface area (Å²) in [6, 6.07) is 6.55. The van der Waals surface area contributed by atoms with E-state index in [4.69, 9.17) is 0 Å². The van der Waals surface area contributed by atoms with E-state index in [0.29, 0.717) is 17.8 Å². The zero-order valence-corrected chi connectivity index (χ0v) is 14.7. The molecule has 0 aromatic carbocycles. The molecule has 2 nitrogen and oxygen atoms in total. The molecule has 0 N–H and O–H groups in total. The van der Waals surface area contributed by atoms with Crippen LogP contribution in [0, 0.1) is 46.8 Å². The minimum Gasteiger partial charge on any atom is -0.265 e. The highest BCUT2D eigenvalue weighted by atomic mass is 14.6. The number of pyridine rings is 1. The van der Waals surface area contributed by atoms with Gasteiger partial charge in [-0.3, -0.25) is 4.98 Å². The Balaban J connectivity index is 1.33. The van der Waals surface area contributed by atoms with Gasteiger partial charge in [0.1, 0.15) is 0 Å². The number of hydrogen-bond acceptors (Lipinski definition) is 2. The van der Waals surface area contributed by atoms with Crippen molar-refractivity contribution >= 4 is 0 Å². The van der Waals surface area contributed by atoms with Crippen molar-refractivity contribution in [1.82, 2.24) is 4.98 Å². The van der Waals surface area contributed by atoms with Gasteiger partial charge in [-0.25, -0.2) is 0 Å². The summed E-state index contributed by atoms with van der Waals surface area (Å²) >= 11 is 0. The van der Waals surface area contributed by atoms with Crippen LogP contribution in [0.2, 0.25) is 0 Å². The molecule has 4 aliphatic rings. The highest BCUT2D eigenvalue weighted by molar-refractivity contribution is 5.19. The molecule has 1 aromatic heterocycles. The number of rotatable bonds is 7. The third kappa shape index (κ3) is 3.51. The van der Waals surface area contributed by atoms with Crippen LogP contribution >= 0.6 is 0 Å². The summed E-state index contributed by atoms with van der Waals surface area (Å²) < 4.78 is 0. The molecule has 1 unspecified atom stereocenters. The van der Waals surface area contributed by atoms with E-state index < -0.39 is 0 Å². The average molecular weight is 321 g/mol. The van der Waals surface area contributed by atoms with E-state index >= 15 is 0 Å². The molecule has 1 heterocycles. The molecule has 1 aromatic rings. The zero-order valence-electron chi connectivity index (χ0n) is 14.7. The normalized spacial score (nSPS) is 34.9. The summed E-state index contributed by atoms with van der Waals surface area (Å²) in [5, 5.41) is 9.22. The maximum atomic E-state index is 9.22. The molecule has 4 fully saturated rings. The van der Waals surface area contributed by atoms with Crippen LogP contribution in [0.5, 0.6) is 0 Å². The number of aromatic nitrogens is 1. The molecular formula is C22H29N2. The van der Waals surface area contributed by atoms with Gasteiger partial charge in [0, 0.05) is 18.8 Å². The molecule has 2 heteroatoms. The Morgan fingerprint density at radius 3 is 2.33 bits per heavy atom. The van der Waals surface area contributed by atoms with Crippen LogP contribution in [-0.4, -0.2) is 4.98 Å². The van der Waals surface area contributed by atoms with Crippen LogP contribution in [0.1, 0.15) is 69.8 Å². The lowest BCUT2D eigenvalue weighted by Crippen LogP contribution is -2.46. The number of hydrogen-bond donors (Lipinski definition) is 0. The van der Waals surface area contributed by atoms with Crippen LogP contribution in [0.25, 0.3) is 0 Å². The SMILES string of the molecule is N#CCC(C[CH]c1ccncc1)CCC12CC3CC(CC(C3)C1)C2. The van der Waals surface area contributed by atoms with E-state index in [0.717, 1.165) is 24.2 Å². The van der Waals surface area contributed by atoms with E-state index in [1.54, 1.807) is 0 Å². The van der Waals surface area contributed by atoms with Crippen molar-refractivity contribution in [3.63, 3.8) is 0 Å². The van der Waals surface area contributed by atoms with Gasteiger partial charge in [-0.05, 0) is 111 Å². The quantitative estimate of drug-likeness (QED) is 0.660. The van der Waals surface area contributed by atoms with Gasteiger partial charge in [-0.2, -0.15) is 5.26 Å². The Labute approximate surface area is 146 Å². The highest BCUT2D eigenvalue weighted by Gasteiger charge is 2.50. The summed E-state index contributed by atoms with van der Waals surface area (Å²) in [5.41, 5.74) is 1.89. The van der Waals surface area contributed by atoms with Gasteiger partial charge in [0.2, 0.25) is 0 Å². The van der Waals surface area contributed by atoms with Gasteiger partial charge < -0.3 is 0 Å². The summed E-state index contributed by atoms with van der Waals surface area (Å²) in [6.45, 7) is 0. The molecular weight excluding hydrogens is 292 g/mol. The van der Waals surface area contributed by atoms with E-state index in [1.807, 2.05) is 12.4 Å². The molecule has 24 heavy (non-hydrogen) atoms. The van der Waals surface area contributed by atoms with Gasteiger partial charge in [-0.1, -0.05) is 0 Å². The van der Waals surface area contributed by atoms with Crippen molar-refractivity contribution in [1.29, 1.82) is 5.26 Å². The lowest BCUT2D eigenvalue weighted by molar-refractivity contribution is -0.0599. The lowest BCUT2D eigenvalue weighted by atomic mass is 9.48. The van der Waals surface area contributed by atoms with E-state index in [1.165, 1.54) is 56.9 Å². The maximum Gasteiger partial charge on any atom is 0.0624 e. The summed E-state index contributed by atoms with van der Waals surface area (Å²) in [5.74, 6) is 3.63. The topological polar surface area (TPSA) is 36.7 Å². The molecule has 0 amide bonds. The Hall–Kier alpha value is -1.36. The standard InChI is InChI=1S/C22H29N2/c23-8-4-17(1-2-18-5-9-24-10-6-18)3-7-22-14-19-11-20(15-22)13-21(12-19)16-22/h2,5-6,9-10,17,19-21H,1,3-4,7,11-16H2. The minimum absolute atomic E-state index is 0.524. The Bertz CT molecular complexity index is 550. The third-order valence-corrected chi connectivity index (χ3v) is 7.02. The molecule has 4 saturated carbocycles. The fourth-order valence-corrected chi connectivity index (χ4v) is 6.34. The van der Waals surface area contributed by atoms with Crippen molar-refractivity contribution in [3.05, 3.63) is 36.5 Å². The van der Waals surface area contributed by atoms with Crippen molar-refractivity contribution in [3.8, 4) is 6.07 Å². The van der Waals surface area contributed by atoms with E-state index in [-0.39, 0.29) is 0 Å². The van der Waals surface area contributed by atoms with Crippen molar-refractivity contribution in [2.24, 2.45) is 29.1 Å². The largest absolute Gasteiger partial charge is 0.265 e. The predicted octanol–water partition coefficient (Wildman–Crippen LogP) is 5.55. The Morgan fingerprint density at radius 2 is 1.75 bits per heavy atom. The average Bonchev–Trinajstić information content (AvgIpc) is 2.57. The Morgan fingerprint density at radius 1 is 1.12 bits per heavy atom. The molecule has 4 aliphatic carbocycles. The smallest absolute Gasteiger partial charge is 0.0624 e. The first-order valence-corrected chi connectivity index (χ1v) is 9.85. The second-order valence-electron chi connectivity index (χ2n) is 8.90. The van der Waals surface area contributed by atoms with Crippen LogP contribution in [0.15, 0.2) is 24.5 Å². The minimum atomic E-state index is 0.524. The van der Waals surface area contributed by atoms with Gasteiger partial charge in [0.05, 0.1) is 6.07 Å². The first-order chi connectivity index (χ1) is 11.7. The molecule has 0 aliphatic heterocycles. The van der Waals surface area contributed by atoms with Crippen LogP contribution in [-0.2, 0) is 0 Å². The van der Waals surface area contributed by atoms with Crippen LogP contribution in [0.4, 0.5) is 0 Å². The van der Waals surface area contributed by atoms with Gasteiger partial charge in [0.15, 0.2) is 0 Å². The van der Waals surface area contributed by atoms with Gasteiger partial charge >= 0.3 is 0 Å². The maximum absolute atomic E-state index is 9.22. The molecule has 1 radical (unpaired) electrons. The molecule has 127 valence electrons. The molecule has 1 atom stereocenters. The Kier molecular flexibility index (Phi) is 4.61. The summed E-state index contributed by atoms with van der Waals surface area (Å²) in [7, 11) is 0. The lowest BCUT2D eigenvalue weighted by Gasteiger charge is -2.57. The fourth-order valence-electron chi connectivity index (χ4n) is 6.34. The third-order valence-electron chi connectivity index (χ3n) is 7.02. The van der Waals surface area contributed by atoms with Crippen molar-refractivity contribution in [2.75, 3.05) is 0 Å². The van der Waals surface area contributed by atoms with E-state index in [9.17, 15) is 5.26 Å². The first-order valence-electron chi connectivity index (χ1n) is 9.85. The first kappa shape index (κ1) is 16.1. The van der Waals surface area contributed by atoms with E-state index in [2.05, 4.69) is 29.6 Å². The highest BCUT2D eigenvalue weighted by Crippen LogP contribution is 2.61. The van der Waals surface area contributed by atoms with Crippen molar-refractivity contribution < 1.29 is 0 Å². The summed E-state index contributed by atoms with van der Waals surface area (Å²) in [6.07, 6.45) is 19.4. The molecule has 0 saturated heterocycles. The fraction of sp³-hybridized carbons (Fsp3) is 0.682.